The first-order valence-electron chi connectivity index (χ1n) is 10.5. The van der Waals surface area contributed by atoms with Crippen molar-refractivity contribution in [3.05, 3.63) is 96.3 Å². The lowest BCUT2D eigenvalue weighted by atomic mass is 10.1. The largest absolute Gasteiger partial charge is 0.340 e. The Kier molecular flexibility index (Phi) is 7.16. The van der Waals surface area contributed by atoms with Crippen molar-refractivity contribution in [2.45, 2.75) is 23.1 Å². The molecule has 3 aromatic rings. The first-order valence-corrected chi connectivity index (χ1v) is 11.3. The molecule has 0 N–H and O–H groups in total. The number of thioether (sulfide) groups is 1. The van der Waals surface area contributed by atoms with Crippen LogP contribution >= 0.6 is 11.8 Å². The molecule has 0 spiro atoms. The zero-order valence-electron chi connectivity index (χ0n) is 17.1. The maximum atomic E-state index is 13.6. The maximum absolute atomic E-state index is 13.6. The van der Waals surface area contributed by atoms with Gasteiger partial charge >= 0.3 is 0 Å². The summed E-state index contributed by atoms with van der Waals surface area (Å²) in [4.78, 5) is 23.3. The number of benzene rings is 2. The normalized spacial score (nSPS) is 16.1. The average Bonchev–Trinajstić information content (AvgIpc) is 3.05. The molecule has 5 heteroatoms. The van der Waals surface area contributed by atoms with Crippen LogP contribution in [0.1, 0.15) is 22.8 Å². The van der Waals surface area contributed by atoms with Crippen molar-refractivity contribution >= 4 is 17.7 Å². The van der Waals surface area contributed by atoms with E-state index in [1.54, 1.807) is 11.8 Å². The zero-order valence-corrected chi connectivity index (χ0v) is 17.9. The van der Waals surface area contributed by atoms with E-state index in [2.05, 4.69) is 51.2 Å². The van der Waals surface area contributed by atoms with Crippen LogP contribution in [0.5, 0.6) is 0 Å². The Hall–Kier alpha value is -2.63. The summed E-state index contributed by atoms with van der Waals surface area (Å²) in [5, 5.41) is -0.222. The van der Waals surface area contributed by atoms with Crippen molar-refractivity contribution in [2.75, 3.05) is 26.2 Å². The first-order chi connectivity index (χ1) is 14.8. The van der Waals surface area contributed by atoms with Crippen LogP contribution in [0.15, 0.2) is 90.1 Å². The summed E-state index contributed by atoms with van der Waals surface area (Å²) in [5.41, 5.74) is 2.33. The van der Waals surface area contributed by atoms with Crippen LogP contribution in [0.25, 0.3) is 0 Å². The third kappa shape index (κ3) is 5.49. The van der Waals surface area contributed by atoms with Crippen LogP contribution in [0.3, 0.4) is 0 Å². The number of carbonyl (C=O) groups excluding carboxylic acids is 1. The molecular formula is C25H27N3OS. The van der Waals surface area contributed by atoms with Gasteiger partial charge in [-0.15, -0.1) is 11.8 Å². The predicted octanol–water partition coefficient (Wildman–Crippen LogP) is 4.65. The second-order valence-electron chi connectivity index (χ2n) is 7.53. The molecule has 4 nitrogen and oxygen atoms in total. The Morgan fingerprint density at radius 3 is 2.30 bits per heavy atom. The number of hydrogen-bond acceptors (Lipinski definition) is 4. The van der Waals surface area contributed by atoms with Crippen molar-refractivity contribution in [1.82, 2.24) is 14.8 Å². The molecule has 2 aromatic carbocycles. The van der Waals surface area contributed by atoms with Gasteiger partial charge in [0.1, 0.15) is 5.25 Å². The van der Waals surface area contributed by atoms with Crippen molar-refractivity contribution in [2.24, 2.45) is 0 Å². The van der Waals surface area contributed by atoms with E-state index in [4.69, 9.17) is 0 Å². The molecule has 0 bridgehead atoms. The molecule has 1 aliphatic rings. The van der Waals surface area contributed by atoms with Gasteiger partial charge in [-0.3, -0.25) is 14.7 Å². The Balaban J connectivity index is 1.46. The molecule has 0 saturated carbocycles. The van der Waals surface area contributed by atoms with Gasteiger partial charge < -0.3 is 4.90 Å². The number of carbonyl (C=O) groups is 1. The Morgan fingerprint density at radius 1 is 0.867 bits per heavy atom. The number of rotatable bonds is 6. The second kappa shape index (κ2) is 10.4. The van der Waals surface area contributed by atoms with Gasteiger partial charge in [-0.25, -0.2) is 0 Å². The highest BCUT2D eigenvalue weighted by Gasteiger charge is 2.28. The molecular weight excluding hydrogens is 390 g/mol. The van der Waals surface area contributed by atoms with Gasteiger partial charge in [0, 0.05) is 50.0 Å². The Bertz CT molecular complexity index is 921. The average molecular weight is 418 g/mol. The summed E-state index contributed by atoms with van der Waals surface area (Å²) in [6, 6.07) is 24.5. The first kappa shape index (κ1) is 20.6. The lowest BCUT2D eigenvalue weighted by molar-refractivity contribution is -0.130. The molecule has 1 unspecified atom stereocenters. The summed E-state index contributed by atoms with van der Waals surface area (Å²) >= 11 is 1.64. The molecule has 1 amide bonds. The van der Waals surface area contributed by atoms with E-state index in [1.807, 2.05) is 48.8 Å². The lowest BCUT2D eigenvalue weighted by Gasteiger charge is -2.26. The van der Waals surface area contributed by atoms with Gasteiger partial charge in [0.15, 0.2) is 0 Å². The fourth-order valence-corrected chi connectivity index (χ4v) is 4.92. The number of amides is 1. The summed E-state index contributed by atoms with van der Waals surface area (Å²) in [5.74, 6) is 0.209. The van der Waals surface area contributed by atoms with Gasteiger partial charge in [0.05, 0.1) is 0 Å². The zero-order chi connectivity index (χ0) is 20.6. The SMILES string of the molecule is O=C(C(Sc1ccccc1)c1ccccc1)N1CCCN(Cc2ccncc2)CC1. The van der Waals surface area contributed by atoms with Gasteiger partial charge in [-0.05, 0) is 41.8 Å². The fraction of sp³-hybridized carbons (Fsp3) is 0.280. The smallest absolute Gasteiger partial charge is 0.240 e. The van der Waals surface area contributed by atoms with Gasteiger partial charge in [-0.1, -0.05) is 48.5 Å². The Labute approximate surface area is 182 Å². The minimum absolute atomic E-state index is 0.209. The molecule has 4 rings (SSSR count). The third-order valence-corrected chi connectivity index (χ3v) is 6.63. The van der Waals surface area contributed by atoms with E-state index in [-0.39, 0.29) is 11.2 Å². The molecule has 0 aliphatic carbocycles. The Morgan fingerprint density at radius 2 is 1.57 bits per heavy atom. The number of pyridine rings is 1. The minimum Gasteiger partial charge on any atom is -0.340 e. The van der Waals surface area contributed by atoms with E-state index in [0.29, 0.717) is 0 Å². The molecule has 154 valence electrons. The quantitative estimate of drug-likeness (QED) is 0.547. The lowest BCUT2D eigenvalue weighted by Crippen LogP contribution is -2.37. The fourth-order valence-electron chi connectivity index (χ4n) is 3.79. The van der Waals surface area contributed by atoms with Crippen LogP contribution in [0.4, 0.5) is 0 Å². The van der Waals surface area contributed by atoms with Crippen molar-refractivity contribution in [3.63, 3.8) is 0 Å². The summed E-state index contributed by atoms with van der Waals surface area (Å²) < 4.78 is 0. The second-order valence-corrected chi connectivity index (χ2v) is 8.71. The standard InChI is InChI=1S/C25H27N3OS/c29-25(24(22-8-3-1-4-9-22)30-23-10-5-2-6-11-23)28-17-7-16-27(18-19-28)20-21-12-14-26-15-13-21/h1-6,8-15,24H,7,16-20H2. The molecule has 0 radical (unpaired) electrons. The molecule has 30 heavy (non-hydrogen) atoms. The molecule has 1 fully saturated rings. The molecule has 1 aliphatic heterocycles. The highest BCUT2D eigenvalue weighted by atomic mass is 32.2. The topological polar surface area (TPSA) is 36.4 Å². The van der Waals surface area contributed by atoms with E-state index >= 15 is 0 Å². The highest BCUT2D eigenvalue weighted by Crippen LogP contribution is 2.36. The van der Waals surface area contributed by atoms with Crippen LogP contribution < -0.4 is 0 Å². The third-order valence-electron chi connectivity index (χ3n) is 5.38. The predicted molar refractivity (Wildman–Crippen MR) is 122 cm³/mol. The van der Waals surface area contributed by atoms with E-state index in [1.165, 1.54) is 5.56 Å². The molecule has 1 saturated heterocycles. The molecule has 1 aromatic heterocycles. The number of nitrogens with zero attached hydrogens (tertiary/aromatic N) is 3. The summed E-state index contributed by atoms with van der Waals surface area (Å²) in [6.45, 7) is 4.39. The molecule has 1 atom stereocenters. The number of hydrogen-bond donors (Lipinski definition) is 0. The van der Waals surface area contributed by atoms with Gasteiger partial charge in [0.2, 0.25) is 5.91 Å². The van der Waals surface area contributed by atoms with Crippen LogP contribution in [-0.2, 0) is 11.3 Å². The van der Waals surface area contributed by atoms with E-state index in [0.717, 1.165) is 49.6 Å². The van der Waals surface area contributed by atoms with Crippen LogP contribution in [-0.4, -0.2) is 46.9 Å². The van der Waals surface area contributed by atoms with Crippen molar-refractivity contribution < 1.29 is 4.79 Å². The van der Waals surface area contributed by atoms with Crippen molar-refractivity contribution in [3.8, 4) is 0 Å². The van der Waals surface area contributed by atoms with Gasteiger partial charge in [-0.2, -0.15) is 0 Å². The van der Waals surface area contributed by atoms with E-state index < -0.39 is 0 Å². The monoisotopic (exact) mass is 417 g/mol. The number of aromatic nitrogens is 1. The van der Waals surface area contributed by atoms with Crippen molar-refractivity contribution in [1.29, 1.82) is 0 Å². The van der Waals surface area contributed by atoms with Crippen LogP contribution in [0.2, 0.25) is 0 Å². The summed E-state index contributed by atoms with van der Waals surface area (Å²) in [6.07, 6.45) is 4.68. The maximum Gasteiger partial charge on any atom is 0.240 e. The van der Waals surface area contributed by atoms with E-state index in [9.17, 15) is 4.79 Å². The molecule has 2 heterocycles. The minimum atomic E-state index is -0.222. The van der Waals surface area contributed by atoms with Crippen LogP contribution in [0, 0.1) is 0 Å². The summed E-state index contributed by atoms with van der Waals surface area (Å²) in [7, 11) is 0. The van der Waals surface area contributed by atoms with Gasteiger partial charge in [0.25, 0.3) is 0 Å². The highest BCUT2D eigenvalue weighted by molar-refractivity contribution is 8.00.